The largest absolute Gasteiger partial charge is 0.370 e. The molecule has 0 saturated carbocycles. The van der Waals surface area contributed by atoms with Crippen molar-refractivity contribution in [2.75, 3.05) is 19.6 Å². The number of rotatable bonds is 5. The van der Waals surface area contributed by atoms with Gasteiger partial charge in [-0.2, -0.15) is 0 Å². The Morgan fingerprint density at radius 1 is 1.17 bits per heavy atom. The molecule has 4 rings (SSSR count). The molecule has 29 heavy (non-hydrogen) atoms. The zero-order chi connectivity index (χ0) is 20.3. The fourth-order valence-electron chi connectivity index (χ4n) is 4.31. The number of nitrogens with one attached hydrogen (secondary N) is 1. The van der Waals surface area contributed by atoms with Crippen molar-refractivity contribution in [3.63, 3.8) is 0 Å². The number of carbonyl (C=O) groups excluding carboxylic acids is 1. The third-order valence-electron chi connectivity index (χ3n) is 6.00. The Hall–Kier alpha value is -1.95. The van der Waals surface area contributed by atoms with Gasteiger partial charge in [-0.15, -0.1) is 0 Å². The minimum Gasteiger partial charge on any atom is -0.370 e. The van der Waals surface area contributed by atoms with E-state index in [0.717, 1.165) is 50.3 Å². The second-order valence-electron chi connectivity index (χ2n) is 8.08. The van der Waals surface area contributed by atoms with Crippen molar-refractivity contribution in [2.45, 2.75) is 43.9 Å². The topological polar surface area (TPSA) is 41.6 Å². The molecule has 2 aromatic rings. The summed E-state index contributed by atoms with van der Waals surface area (Å²) >= 11 is 5.96. The first kappa shape index (κ1) is 20.3. The van der Waals surface area contributed by atoms with Crippen LogP contribution in [0.5, 0.6) is 0 Å². The number of ether oxygens (including phenoxy) is 1. The zero-order valence-electron chi connectivity index (χ0n) is 16.4. The second-order valence-corrected chi connectivity index (χ2v) is 8.52. The van der Waals surface area contributed by atoms with Crippen LogP contribution in [0.15, 0.2) is 48.5 Å². The summed E-state index contributed by atoms with van der Waals surface area (Å²) in [6.45, 7) is 3.40. The number of likely N-dealkylation sites (tertiary alicyclic amines) is 1. The van der Waals surface area contributed by atoms with Crippen molar-refractivity contribution in [3.8, 4) is 0 Å². The lowest BCUT2D eigenvalue weighted by Crippen LogP contribution is -2.44. The first-order valence-corrected chi connectivity index (χ1v) is 10.6. The SMILES string of the molecule is O=C(NC[C@H]1CCC2(CCN(Cc3ccc(Cl)cc3)CC2)O1)c1cccc(F)c1. The van der Waals surface area contributed by atoms with E-state index >= 15 is 0 Å². The van der Waals surface area contributed by atoms with Gasteiger partial charge < -0.3 is 10.1 Å². The lowest BCUT2D eigenvalue weighted by atomic mass is 9.88. The minimum atomic E-state index is -0.404. The van der Waals surface area contributed by atoms with E-state index in [2.05, 4.69) is 22.3 Å². The first-order chi connectivity index (χ1) is 14.0. The molecule has 2 saturated heterocycles. The van der Waals surface area contributed by atoms with Gasteiger partial charge in [-0.3, -0.25) is 9.69 Å². The molecule has 0 bridgehead atoms. The third kappa shape index (κ3) is 5.16. The highest BCUT2D eigenvalue weighted by molar-refractivity contribution is 6.30. The van der Waals surface area contributed by atoms with Gasteiger partial charge in [0.25, 0.3) is 5.91 Å². The van der Waals surface area contributed by atoms with Crippen molar-refractivity contribution in [3.05, 3.63) is 70.5 Å². The number of halogens is 2. The molecule has 1 N–H and O–H groups in total. The van der Waals surface area contributed by atoms with Crippen LogP contribution in [0.1, 0.15) is 41.6 Å². The van der Waals surface area contributed by atoms with Gasteiger partial charge in [0.05, 0.1) is 11.7 Å². The minimum absolute atomic E-state index is 0.0234. The van der Waals surface area contributed by atoms with E-state index in [-0.39, 0.29) is 17.6 Å². The molecular weight excluding hydrogens is 391 g/mol. The lowest BCUT2D eigenvalue weighted by Gasteiger charge is -2.39. The van der Waals surface area contributed by atoms with Gasteiger partial charge >= 0.3 is 0 Å². The average molecular weight is 417 g/mol. The Morgan fingerprint density at radius 3 is 2.66 bits per heavy atom. The Kier molecular flexibility index (Phi) is 6.18. The molecule has 0 unspecified atom stereocenters. The van der Waals surface area contributed by atoms with E-state index < -0.39 is 5.82 Å². The maximum atomic E-state index is 13.3. The smallest absolute Gasteiger partial charge is 0.251 e. The summed E-state index contributed by atoms with van der Waals surface area (Å²) in [5.74, 6) is -0.661. The molecule has 1 atom stereocenters. The first-order valence-electron chi connectivity index (χ1n) is 10.2. The predicted octanol–water partition coefficient (Wildman–Crippen LogP) is 4.42. The van der Waals surface area contributed by atoms with Gasteiger partial charge in [0.15, 0.2) is 0 Å². The van der Waals surface area contributed by atoms with Crippen LogP contribution >= 0.6 is 11.6 Å². The Morgan fingerprint density at radius 2 is 1.93 bits per heavy atom. The molecule has 0 aliphatic carbocycles. The van der Waals surface area contributed by atoms with Gasteiger partial charge in [0, 0.05) is 36.8 Å². The summed E-state index contributed by atoms with van der Waals surface area (Å²) in [5.41, 5.74) is 1.55. The van der Waals surface area contributed by atoms with Crippen LogP contribution in [0.3, 0.4) is 0 Å². The molecule has 2 heterocycles. The van der Waals surface area contributed by atoms with Crippen LogP contribution < -0.4 is 5.32 Å². The molecule has 2 fully saturated rings. The quantitative estimate of drug-likeness (QED) is 0.784. The summed E-state index contributed by atoms with van der Waals surface area (Å²) in [5, 5.41) is 3.65. The molecule has 154 valence electrons. The molecule has 2 aliphatic heterocycles. The maximum absolute atomic E-state index is 13.3. The summed E-state index contributed by atoms with van der Waals surface area (Å²) in [6.07, 6.45) is 4.02. The lowest BCUT2D eigenvalue weighted by molar-refractivity contribution is -0.0764. The van der Waals surface area contributed by atoms with Crippen molar-refractivity contribution in [1.82, 2.24) is 10.2 Å². The molecule has 0 radical (unpaired) electrons. The van der Waals surface area contributed by atoms with Crippen LogP contribution in [0.2, 0.25) is 5.02 Å². The highest BCUT2D eigenvalue weighted by atomic mass is 35.5. The summed E-state index contributed by atoms with van der Waals surface area (Å²) in [4.78, 5) is 14.7. The van der Waals surface area contributed by atoms with Gasteiger partial charge in [-0.1, -0.05) is 29.8 Å². The number of benzene rings is 2. The van der Waals surface area contributed by atoms with Crippen LogP contribution in [-0.2, 0) is 11.3 Å². The number of piperidine rings is 1. The average Bonchev–Trinajstić information content (AvgIpc) is 3.12. The van der Waals surface area contributed by atoms with Crippen molar-refractivity contribution in [1.29, 1.82) is 0 Å². The fourth-order valence-corrected chi connectivity index (χ4v) is 4.44. The van der Waals surface area contributed by atoms with Crippen LogP contribution in [0.4, 0.5) is 4.39 Å². The number of amides is 1. The molecule has 2 aliphatic rings. The highest BCUT2D eigenvalue weighted by Crippen LogP contribution is 2.39. The monoisotopic (exact) mass is 416 g/mol. The van der Waals surface area contributed by atoms with Gasteiger partial charge in [-0.25, -0.2) is 4.39 Å². The van der Waals surface area contributed by atoms with E-state index in [1.54, 1.807) is 12.1 Å². The van der Waals surface area contributed by atoms with Crippen LogP contribution in [0, 0.1) is 5.82 Å². The predicted molar refractivity (Wildman–Crippen MR) is 112 cm³/mol. The Balaban J connectivity index is 1.23. The van der Waals surface area contributed by atoms with E-state index in [4.69, 9.17) is 16.3 Å². The van der Waals surface area contributed by atoms with Crippen molar-refractivity contribution < 1.29 is 13.9 Å². The van der Waals surface area contributed by atoms with Crippen LogP contribution in [0.25, 0.3) is 0 Å². The third-order valence-corrected chi connectivity index (χ3v) is 6.25. The molecule has 4 nitrogen and oxygen atoms in total. The number of hydrogen-bond acceptors (Lipinski definition) is 3. The van der Waals surface area contributed by atoms with Crippen molar-refractivity contribution in [2.24, 2.45) is 0 Å². The molecule has 1 spiro atoms. The molecule has 0 aromatic heterocycles. The van der Waals surface area contributed by atoms with Gasteiger partial charge in [0.1, 0.15) is 5.82 Å². The zero-order valence-corrected chi connectivity index (χ0v) is 17.1. The summed E-state index contributed by atoms with van der Waals surface area (Å²) in [7, 11) is 0. The van der Waals surface area contributed by atoms with E-state index in [1.807, 2.05) is 12.1 Å². The van der Waals surface area contributed by atoms with E-state index in [0.29, 0.717) is 12.1 Å². The second kappa shape index (κ2) is 8.82. The van der Waals surface area contributed by atoms with Gasteiger partial charge in [0.2, 0.25) is 0 Å². The molecule has 2 aromatic carbocycles. The normalized spacial score (nSPS) is 21.4. The van der Waals surface area contributed by atoms with Crippen molar-refractivity contribution >= 4 is 17.5 Å². The summed E-state index contributed by atoms with van der Waals surface area (Å²) < 4.78 is 19.7. The fraction of sp³-hybridized carbons (Fsp3) is 0.435. The van der Waals surface area contributed by atoms with E-state index in [1.165, 1.54) is 17.7 Å². The number of hydrogen-bond donors (Lipinski definition) is 1. The number of carbonyl (C=O) groups is 1. The standard InChI is InChI=1S/C23H26ClFN2O2/c24-19-6-4-17(5-7-19)16-27-12-10-23(11-13-27)9-8-21(29-23)15-26-22(28)18-2-1-3-20(25)14-18/h1-7,14,21H,8-13,15-16H2,(H,26,28)/t21-/m1/s1. The van der Waals surface area contributed by atoms with Crippen LogP contribution in [-0.4, -0.2) is 42.1 Å². The maximum Gasteiger partial charge on any atom is 0.251 e. The summed E-state index contributed by atoms with van der Waals surface area (Å²) in [6, 6.07) is 13.8. The van der Waals surface area contributed by atoms with E-state index in [9.17, 15) is 9.18 Å². The molecular formula is C23H26ClFN2O2. The van der Waals surface area contributed by atoms with Gasteiger partial charge in [-0.05, 0) is 61.6 Å². The molecule has 1 amide bonds. The Labute approximate surface area is 176 Å². The molecule has 6 heteroatoms. The number of nitrogens with zero attached hydrogens (tertiary/aromatic N) is 1. The Bertz CT molecular complexity index is 850. The highest BCUT2D eigenvalue weighted by Gasteiger charge is 2.42.